The van der Waals surface area contributed by atoms with Crippen LogP contribution in [0, 0.1) is 15.9 Å². The van der Waals surface area contributed by atoms with E-state index in [1.54, 1.807) is 18.2 Å². The third-order valence-electron chi connectivity index (χ3n) is 4.50. The van der Waals surface area contributed by atoms with Gasteiger partial charge in [-0.25, -0.2) is 4.39 Å². The van der Waals surface area contributed by atoms with Crippen LogP contribution in [0.4, 0.5) is 15.8 Å². The fraction of sp³-hybridized carbons (Fsp3) is 0.333. The fourth-order valence-corrected chi connectivity index (χ4v) is 3.11. The lowest BCUT2D eigenvalue weighted by molar-refractivity contribution is -0.386. The SMILES string of the molecule is COc1cc(CN2CCN(c3ccc(F)cc3)CC2)cc([N+](=O)[O-])c1O. The minimum Gasteiger partial charge on any atom is -0.500 e. The zero-order valence-electron chi connectivity index (χ0n) is 14.4. The molecule has 0 radical (unpaired) electrons. The molecule has 138 valence electrons. The monoisotopic (exact) mass is 361 g/mol. The molecule has 0 unspecified atom stereocenters. The molecule has 0 amide bonds. The first-order valence-electron chi connectivity index (χ1n) is 8.25. The van der Waals surface area contributed by atoms with Crippen LogP contribution in [0.3, 0.4) is 0 Å². The van der Waals surface area contributed by atoms with E-state index >= 15 is 0 Å². The summed E-state index contributed by atoms with van der Waals surface area (Å²) in [4.78, 5) is 14.8. The molecule has 2 aromatic rings. The molecule has 0 atom stereocenters. The third-order valence-corrected chi connectivity index (χ3v) is 4.50. The number of phenolic OH excluding ortho intramolecular Hbond substituents is 1. The minimum atomic E-state index is -0.617. The highest BCUT2D eigenvalue weighted by Gasteiger charge is 2.22. The second-order valence-corrected chi connectivity index (χ2v) is 6.16. The van der Waals surface area contributed by atoms with Crippen LogP contribution in [0.5, 0.6) is 11.5 Å². The summed E-state index contributed by atoms with van der Waals surface area (Å²) < 4.78 is 18.1. The van der Waals surface area contributed by atoms with Crippen LogP contribution < -0.4 is 9.64 Å². The Balaban J connectivity index is 1.67. The standard InChI is InChI=1S/C18H20FN3O4/c1-26-17-11-13(10-16(18(17)23)22(24)25)12-20-6-8-21(9-7-20)15-4-2-14(19)3-5-15/h2-5,10-11,23H,6-9,12H2,1H3. The molecule has 26 heavy (non-hydrogen) atoms. The number of hydrogen-bond acceptors (Lipinski definition) is 6. The summed E-state index contributed by atoms with van der Waals surface area (Å²) in [6.07, 6.45) is 0. The Bertz CT molecular complexity index is 790. The van der Waals surface area contributed by atoms with Gasteiger partial charge in [0.1, 0.15) is 5.82 Å². The molecule has 2 aromatic carbocycles. The Morgan fingerprint density at radius 1 is 1.19 bits per heavy atom. The maximum Gasteiger partial charge on any atom is 0.314 e. The number of nitro groups is 1. The zero-order chi connectivity index (χ0) is 18.7. The van der Waals surface area contributed by atoms with Crippen LogP contribution in [0.25, 0.3) is 0 Å². The van der Waals surface area contributed by atoms with Crippen molar-refractivity contribution >= 4 is 11.4 Å². The van der Waals surface area contributed by atoms with Crippen molar-refractivity contribution in [2.24, 2.45) is 0 Å². The van der Waals surface area contributed by atoms with Crippen molar-refractivity contribution in [3.05, 3.63) is 57.9 Å². The number of halogens is 1. The van der Waals surface area contributed by atoms with Crippen LogP contribution >= 0.6 is 0 Å². The molecule has 0 saturated carbocycles. The van der Waals surface area contributed by atoms with Crippen LogP contribution in [0.2, 0.25) is 0 Å². The van der Waals surface area contributed by atoms with E-state index in [2.05, 4.69) is 9.80 Å². The van der Waals surface area contributed by atoms with Gasteiger partial charge in [0.2, 0.25) is 5.75 Å². The highest BCUT2D eigenvalue weighted by atomic mass is 19.1. The van der Waals surface area contributed by atoms with Crippen molar-refractivity contribution in [1.82, 2.24) is 4.90 Å². The van der Waals surface area contributed by atoms with Gasteiger partial charge in [0.15, 0.2) is 5.75 Å². The summed E-state index contributed by atoms with van der Waals surface area (Å²) >= 11 is 0. The smallest absolute Gasteiger partial charge is 0.314 e. The Labute approximate surface area is 150 Å². The van der Waals surface area contributed by atoms with E-state index in [1.807, 2.05) is 0 Å². The molecular weight excluding hydrogens is 341 g/mol. The van der Waals surface area contributed by atoms with Crippen molar-refractivity contribution in [3.8, 4) is 11.5 Å². The quantitative estimate of drug-likeness (QED) is 0.652. The van der Waals surface area contributed by atoms with E-state index in [9.17, 15) is 19.6 Å². The lowest BCUT2D eigenvalue weighted by Crippen LogP contribution is -2.45. The van der Waals surface area contributed by atoms with Gasteiger partial charge in [0.05, 0.1) is 12.0 Å². The first kappa shape index (κ1) is 17.9. The molecule has 1 saturated heterocycles. The molecule has 1 fully saturated rings. The van der Waals surface area contributed by atoms with E-state index in [4.69, 9.17) is 4.74 Å². The van der Waals surface area contributed by atoms with Crippen molar-refractivity contribution in [2.45, 2.75) is 6.54 Å². The number of phenols is 1. The first-order valence-corrected chi connectivity index (χ1v) is 8.25. The second kappa shape index (κ2) is 7.57. The topological polar surface area (TPSA) is 79.1 Å². The largest absolute Gasteiger partial charge is 0.500 e. The number of ether oxygens (including phenoxy) is 1. The molecule has 0 bridgehead atoms. The van der Waals surface area contributed by atoms with Gasteiger partial charge in [-0.1, -0.05) is 0 Å². The molecular formula is C18H20FN3O4. The van der Waals surface area contributed by atoms with Gasteiger partial charge < -0.3 is 14.7 Å². The number of nitro benzene ring substituents is 1. The summed E-state index contributed by atoms with van der Waals surface area (Å²) in [5.41, 5.74) is 1.33. The van der Waals surface area contributed by atoms with E-state index in [0.29, 0.717) is 12.1 Å². The number of piperazine rings is 1. The van der Waals surface area contributed by atoms with Crippen LogP contribution in [-0.2, 0) is 6.54 Å². The van der Waals surface area contributed by atoms with Crippen molar-refractivity contribution in [1.29, 1.82) is 0 Å². The maximum absolute atomic E-state index is 13.0. The van der Waals surface area contributed by atoms with E-state index in [0.717, 1.165) is 31.9 Å². The maximum atomic E-state index is 13.0. The van der Waals surface area contributed by atoms with Crippen LogP contribution in [0.1, 0.15) is 5.56 Å². The van der Waals surface area contributed by atoms with Crippen LogP contribution in [0.15, 0.2) is 36.4 Å². The molecule has 3 rings (SSSR count). The van der Waals surface area contributed by atoms with Gasteiger partial charge in [0, 0.05) is 44.5 Å². The summed E-state index contributed by atoms with van der Waals surface area (Å²) in [7, 11) is 1.37. The van der Waals surface area contributed by atoms with E-state index in [1.165, 1.54) is 25.3 Å². The van der Waals surface area contributed by atoms with Crippen molar-refractivity contribution < 1.29 is 19.2 Å². The Hall–Kier alpha value is -2.87. The van der Waals surface area contributed by atoms with Gasteiger partial charge in [-0.15, -0.1) is 0 Å². The van der Waals surface area contributed by atoms with Crippen LogP contribution in [-0.4, -0.2) is 48.2 Å². The molecule has 8 heteroatoms. The molecule has 1 aliphatic rings. The number of benzene rings is 2. The molecule has 1 aliphatic heterocycles. The summed E-state index contributed by atoms with van der Waals surface area (Å²) in [6.45, 7) is 3.63. The number of anilines is 1. The van der Waals surface area contributed by atoms with Gasteiger partial charge in [-0.05, 0) is 35.9 Å². The molecule has 0 aromatic heterocycles. The molecule has 0 spiro atoms. The van der Waals surface area contributed by atoms with Gasteiger partial charge >= 0.3 is 5.69 Å². The van der Waals surface area contributed by atoms with Crippen molar-refractivity contribution in [2.75, 3.05) is 38.2 Å². The predicted octanol–water partition coefficient (Wildman–Crippen LogP) is 2.77. The van der Waals surface area contributed by atoms with Crippen molar-refractivity contribution in [3.63, 3.8) is 0 Å². The summed E-state index contributed by atoms with van der Waals surface area (Å²) in [6, 6.07) is 9.42. The Kier molecular flexibility index (Phi) is 5.22. The minimum absolute atomic E-state index is 0.0964. The number of hydrogen-bond donors (Lipinski definition) is 1. The Morgan fingerprint density at radius 2 is 1.85 bits per heavy atom. The highest BCUT2D eigenvalue weighted by molar-refractivity contribution is 5.57. The molecule has 1 N–H and O–H groups in total. The molecule has 0 aliphatic carbocycles. The van der Waals surface area contributed by atoms with Gasteiger partial charge in [0.25, 0.3) is 0 Å². The first-order chi connectivity index (χ1) is 12.5. The average Bonchev–Trinajstić information content (AvgIpc) is 2.64. The lowest BCUT2D eigenvalue weighted by atomic mass is 10.1. The molecule has 1 heterocycles. The Morgan fingerprint density at radius 3 is 2.42 bits per heavy atom. The third kappa shape index (κ3) is 3.85. The normalized spacial score (nSPS) is 15.1. The number of rotatable bonds is 5. The lowest BCUT2D eigenvalue weighted by Gasteiger charge is -2.36. The second-order valence-electron chi connectivity index (χ2n) is 6.16. The highest BCUT2D eigenvalue weighted by Crippen LogP contribution is 2.37. The number of nitrogens with zero attached hydrogens (tertiary/aromatic N) is 3. The van der Waals surface area contributed by atoms with Gasteiger partial charge in [-0.2, -0.15) is 0 Å². The molecule has 7 nitrogen and oxygen atoms in total. The number of aromatic hydroxyl groups is 1. The zero-order valence-corrected chi connectivity index (χ0v) is 14.4. The van der Waals surface area contributed by atoms with E-state index in [-0.39, 0.29) is 17.3 Å². The van der Waals surface area contributed by atoms with Gasteiger partial charge in [-0.3, -0.25) is 15.0 Å². The predicted molar refractivity (Wildman–Crippen MR) is 95.2 cm³/mol. The number of methoxy groups -OCH3 is 1. The summed E-state index contributed by atoms with van der Waals surface area (Å²) in [5, 5.41) is 21.0. The fourth-order valence-electron chi connectivity index (χ4n) is 3.11. The average molecular weight is 361 g/mol. The van der Waals surface area contributed by atoms with E-state index < -0.39 is 10.7 Å². The summed E-state index contributed by atoms with van der Waals surface area (Å²) in [5.74, 6) is -0.614.